The lowest BCUT2D eigenvalue weighted by atomic mass is 10.1. The fourth-order valence-corrected chi connectivity index (χ4v) is 4.91. The second kappa shape index (κ2) is 9.81. The largest absolute Gasteiger partial charge is 0.416 e. The van der Waals surface area contributed by atoms with Gasteiger partial charge in [0.2, 0.25) is 11.7 Å². The third kappa shape index (κ3) is 5.40. The van der Waals surface area contributed by atoms with E-state index in [0.29, 0.717) is 11.7 Å². The smallest absolute Gasteiger partial charge is 0.340 e. The molecule has 0 spiro atoms. The van der Waals surface area contributed by atoms with Crippen molar-refractivity contribution in [1.82, 2.24) is 19.9 Å². The van der Waals surface area contributed by atoms with Gasteiger partial charge in [-0.15, -0.1) is 0 Å². The minimum absolute atomic E-state index is 0.0413. The predicted molar refractivity (Wildman–Crippen MR) is 124 cm³/mol. The maximum absolute atomic E-state index is 13.0. The molecule has 1 saturated carbocycles. The normalized spacial score (nSPS) is 17.7. The molecule has 6 nitrogen and oxygen atoms in total. The summed E-state index contributed by atoms with van der Waals surface area (Å²) in [7, 11) is 0. The van der Waals surface area contributed by atoms with Crippen LogP contribution in [-0.4, -0.2) is 52.0 Å². The van der Waals surface area contributed by atoms with Gasteiger partial charge in [-0.3, -0.25) is 9.69 Å². The summed E-state index contributed by atoms with van der Waals surface area (Å²) >= 11 is 0. The lowest BCUT2D eigenvalue weighted by Crippen LogP contribution is -2.49. The number of carbonyl (C=O) groups is 1. The van der Waals surface area contributed by atoms with Gasteiger partial charge >= 0.3 is 6.18 Å². The van der Waals surface area contributed by atoms with Crippen LogP contribution in [0.4, 0.5) is 13.2 Å². The summed E-state index contributed by atoms with van der Waals surface area (Å²) in [6, 6.07) is 12.6. The van der Waals surface area contributed by atoms with E-state index in [1.807, 2.05) is 29.2 Å². The van der Waals surface area contributed by atoms with Crippen molar-refractivity contribution in [2.75, 3.05) is 26.2 Å². The molecule has 0 unspecified atom stereocenters. The van der Waals surface area contributed by atoms with Crippen LogP contribution in [-0.2, 0) is 17.5 Å². The van der Waals surface area contributed by atoms with Crippen LogP contribution in [0.25, 0.3) is 22.8 Å². The molecule has 0 radical (unpaired) electrons. The van der Waals surface area contributed by atoms with Crippen molar-refractivity contribution >= 4 is 5.91 Å². The van der Waals surface area contributed by atoms with Crippen molar-refractivity contribution in [2.45, 2.75) is 38.4 Å². The van der Waals surface area contributed by atoms with Crippen LogP contribution in [0, 0.1) is 5.92 Å². The molecule has 184 valence electrons. The number of carbonyl (C=O) groups excluding carboxylic acids is 1. The lowest BCUT2D eigenvalue weighted by molar-refractivity contribution is -0.138. The van der Waals surface area contributed by atoms with E-state index in [1.54, 1.807) is 0 Å². The van der Waals surface area contributed by atoms with Crippen molar-refractivity contribution in [3.05, 3.63) is 59.7 Å². The monoisotopic (exact) mass is 484 g/mol. The van der Waals surface area contributed by atoms with Gasteiger partial charge in [0, 0.05) is 49.8 Å². The number of hydrogen-bond acceptors (Lipinski definition) is 5. The first-order chi connectivity index (χ1) is 16.9. The summed E-state index contributed by atoms with van der Waals surface area (Å²) in [5.41, 5.74) is 1.27. The molecule has 1 aliphatic heterocycles. The molecule has 2 fully saturated rings. The van der Waals surface area contributed by atoms with Gasteiger partial charge in [0.1, 0.15) is 0 Å². The molecule has 35 heavy (non-hydrogen) atoms. The quantitative estimate of drug-likeness (QED) is 0.495. The average molecular weight is 485 g/mol. The maximum Gasteiger partial charge on any atom is 0.416 e. The van der Waals surface area contributed by atoms with Crippen molar-refractivity contribution in [3.63, 3.8) is 0 Å². The van der Waals surface area contributed by atoms with E-state index in [2.05, 4.69) is 15.0 Å². The minimum atomic E-state index is -4.44. The van der Waals surface area contributed by atoms with Crippen molar-refractivity contribution in [2.24, 2.45) is 5.92 Å². The Balaban J connectivity index is 1.23. The van der Waals surface area contributed by atoms with Gasteiger partial charge in [-0.2, -0.15) is 18.2 Å². The summed E-state index contributed by atoms with van der Waals surface area (Å²) in [6.45, 7) is 3.88. The molecule has 0 atom stereocenters. The standard InChI is InChI=1S/C26H27F3N4O2/c27-26(28,29)22-10-4-9-21(16-22)24-30-23(31-35-24)20-8-3-5-18(15-20)17-32-11-13-33(14-12-32)25(34)19-6-1-2-7-19/h3-5,8-10,15-16,19H,1-2,6-7,11-14,17H2. The van der Waals surface area contributed by atoms with Crippen molar-refractivity contribution < 1.29 is 22.5 Å². The van der Waals surface area contributed by atoms with Crippen LogP contribution in [0.3, 0.4) is 0 Å². The summed E-state index contributed by atoms with van der Waals surface area (Å²) < 4.78 is 44.4. The highest BCUT2D eigenvalue weighted by Gasteiger charge is 2.31. The summed E-state index contributed by atoms with van der Waals surface area (Å²) in [5.74, 6) is 0.901. The van der Waals surface area contributed by atoms with Crippen LogP contribution in [0.5, 0.6) is 0 Å². The van der Waals surface area contributed by atoms with Gasteiger partial charge in [-0.05, 0) is 42.7 Å². The topological polar surface area (TPSA) is 62.5 Å². The summed E-state index contributed by atoms with van der Waals surface area (Å²) in [6.07, 6.45) is -0.0691. The zero-order valence-electron chi connectivity index (χ0n) is 19.3. The number of hydrogen-bond donors (Lipinski definition) is 0. The maximum atomic E-state index is 13.0. The third-order valence-electron chi connectivity index (χ3n) is 6.84. The molecule has 1 saturated heterocycles. The van der Waals surface area contributed by atoms with Crippen LogP contribution in [0.15, 0.2) is 53.1 Å². The Kier molecular flexibility index (Phi) is 6.60. The van der Waals surface area contributed by atoms with Crippen LogP contribution >= 0.6 is 0 Å². The number of amides is 1. The highest BCUT2D eigenvalue weighted by atomic mass is 19.4. The molecular formula is C26H27F3N4O2. The van der Waals surface area contributed by atoms with Crippen LogP contribution < -0.4 is 0 Å². The number of halogens is 3. The van der Waals surface area contributed by atoms with E-state index in [4.69, 9.17) is 4.52 Å². The molecular weight excluding hydrogens is 457 g/mol. The SMILES string of the molecule is O=C(C1CCCC1)N1CCN(Cc2cccc(-c3noc(-c4cccc(C(F)(F)F)c4)n3)c2)CC1. The van der Waals surface area contributed by atoms with E-state index < -0.39 is 11.7 Å². The van der Waals surface area contributed by atoms with Gasteiger partial charge in [-0.1, -0.05) is 42.3 Å². The summed E-state index contributed by atoms with van der Waals surface area (Å²) in [4.78, 5) is 21.3. The summed E-state index contributed by atoms with van der Waals surface area (Å²) in [5, 5.41) is 3.98. The molecule has 1 amide bonds. The van der Waals surface area contributed by atoms with Gasteiger partial charge in [0.15, 0.2) is 0 Å². The number of aromatic nitrogens is 2. The molecule has 2 aromatic carbocycles. The highest BCUT2D eigenvalue weighted by Crippen LogP contribution is 2.32. The Morgan fingerprint density at radius 3 is 2.43 bits per heavy atom. The Morgan fingerprint density at radius 1 is 0.971 bits per heavy atom. The third-order valence-corrected chi connectivity index (χ3v) is 6.84. The first-order valence-corrected chi connectivity index (χ1v) is 12.0. The number of benzene rings is 2. The van der Waals surface area contributed by atoms with E-state index in [0.717, 1.165) is 81.7 Å². The van der Waals surface area contributed by atoms with Gasteiger partial charge in [-0.25, -0.2) is 0 Å². The van der Waals surface area contributed by atoms with Crippen LogP contribution in [0.2, 0.25) is 0 Å². The Bertz CT molecular complexity index is 1180. The van der Waals surface area contributed by atoms with Crippen molar-refractivity contribution in [3.8, 4) is 22.8 Å². The fraction of sp³-hybridized carbons (Fsp3) is 0.423. The van der Waals surface area contributed by atoms with Gasteiger partial charge in [0.25, 0.3) is 5.89 Å². The Labute approximate surface area is 201 Å². The average Bonchev–Trinajstić information content (AvgIpc) is 3.57. The fourth-order valence-electron chi connectivity index (χ4n) is 4.91. The number of piperazine rings is 1. The Morgan fingerprint density at radius 2 is 1.69 bits per heavy atom. The Hall–Kier alpha value is -3.20. The molecule has 1 aliphatic carbocycles. The molecule has 1 aromatic heterocycles. The zero-order valence-corrected chi connectivity index (χ0v) is 19.3. The predicted octanol–water partition coefficient (Wildman–Crippen LogP) is 5.26. The second-order valence-corrected chi connectivity index (χ2v) is 9.28. The second-order valence-electron chi connectivity index (χ2n) is 9.28. The minimum Gasteiger partial charge on any atom is -0.340 e. The van der Waals surface area contributed by atoms with Crippen LogP contribution in [0.1, 0.15) is 36.8 Å². The molecule has 3 aromatic rings. The molecule has 2 aliphatic rings. The van der Waals surface area contributed by atoms with Gasteiger partial charge < -0.3 is 9.42 Å². The number of rotatable bonds is 5. The van der Waals surface area contributed by atoms with Crippen molar-refractivity contribution in [1.29, 1.82) is 0 Å². The van der Waals surface area contributed by atoms with E-state index in [9.17, 15) is 18.0 Å². The first kappa shape index (κ1) is 23.5. The number of alkyl halides is 3. The molecule has 5 rings (SSSR count). The first-order valence-electron chi connectivity index (χ1n) is 12.0. The van der Waals surface area contributed by atoms with E-state index >= 15 is 0 Å². The lowest BCUT2D eigenvalue weighted by Gasteiger charge is -2.36. The highest BCUT2D eigenvalue weighted by molar-refractivity contribution is 5.79. The number of nitrogens with zero attached hydrogens (tertiary/aromatic N) is 4. The van der Waals surface area contributed by atoms with E-state index in [1.165, 1.54) is 12.1 Å². The van der Waals surface area contributed by atoms with E-state index in [-0.39, 0.29) is 17.4 Å². The molecule has 0 bridgehead atoms. The molecule has 0 N–H and O–H groups in total. The molecule has 2 heterocycles. The van der Waals surface area contributed by atoms with Gasteiger partial charge in [0.05, 0.1) is 5.56 Å². The molecule has 9 heteroatoms. The zero-order chi connectivity index (χ0) is 24.4.